The van der Waals surface area contributed by atoms with Crippen LogP contribution < -0.4 is 5.46 Å². The van der Waals surface area contributed by atoms with Crippen molar-refractivity contribution in [1.82, 2.24) is 0 Å². The average Bonchev–Trinajstić information content (AvgIpc) is 1.09. The quantitative estimate of drug-likeness (QED) is 0.118. The lowest BCUT2D eigenvalue weighted by atomic mass is 9.72. The first-order chi connectivity index (χ1) is 46.4. The zero-order valence-corrected chi connectivity index (χ0v) is 52.6. The minimum absolute atomic E-state index is 0.553. The molecule has 2 aromatic heterocycles. The Kier molecular flexibility index (Phi) is 15.4. The van der Waals surface area contributed by atoms with E-state index in [-0.39, 0.29) is 0 Å². The average molecular weight is 1270 g/mol. The third-order valence-corrected chi connectivity index (χ3v) is 18.6. The number of hydrogen-bond acceptors (Lipinski definition) is 4. The molecule has 6 heteroatoms. The van der Waals surface area contributed by atoms with Crippen LogP contribution in [0.3, 0.4) is 0 Å². The van der Waals surface area contributed by atoms with E-state index in [1.54, 1.807) is 0 Å². The topological polar surface area (TPSA) is 66.7 Å². The van der Waals surface area contributed by atoms with Crippen LogP contribution in [0.1, 0.15) is 0 Å². The Morgan fingerprint density at radius 2 is 0.521 bits per heavy atom. The van der Waals surface area contributed by atoms with E-state index in [1.165, 1.54) is 82.6 Å². The third kappa shape index (κ3) is 10.7. The van der Waals surface area contributed by atoms with Crippen LogP contribution in [0.25, 0.3) is 165 Å². The van der Waals surface area contributed by atoms with Crippen molar-refractivity contribution >= 4 is 115 Å². The van der Waals surface area contributed by atoms with E-state index in [0.29, 0.717) is 5.46 Å². The maximum Gasteiger partial charge on any atom is 0.489 e. The Labute approximate surface area is 552 Å². The molecule has 18 aromatic rings. The molecule has 0 unspecified atom stereocenters. The maximum absolute atomic E-state index is 10.2. The van der Waals surface area contributed by atoms with Crippen LogP contribution in [0.4, 0.5) is 0 Å². The lowest BCUT2D eigenvalue weighted by Gasteiger charge is -2.20. The molecule has 0 spiro atoms. The number of para-hydroxylation sites is 2. The Morgan fingerprint density at radius 1 is 0.213 bits per heavy atom. The number of fused-ring (bicyclic) bond motifs is 10. The van der Waals surface area contributed by atoms with Crippen LogP contribution in [0.2, 0.25) is 0 Å². The smallest absolute Gasteiger partial charge is 0.456 e. The van der Waals surface area contributed by atoms with Gasteiger partial charge in [0.05, 0.1) is 0 Å². The fourth-order valence-electron chi connectivity index (χ4n) is 13.9. The molecule has 2 N–H and O–H groups in total. The SMILES string of the molecule is Brc1cccc(-c2ccc3oc4ccccc4c3c2)c1.OB(O)c1c2ccccc2c(-c2ccccc2-c2ccccc2)c2ccccc12.c1ccc(-c2ccccc2-c2c3ccccc3c(-c3cccc(-c4ccc5oc6ccccc6c5c4)c3)c3ccccc23)cc1. The van der Waals surface area contributed by atoms with Crippen molar-refractivity contribution in [3.05, 3.63) is 344 Å². The summed E-state index contributed by atoms with van der Waals surface area (Å²) in [6.45, 7) is 0. The normalized spacial score (nSPS) is 11.4. The first-order valence-electron chi connectivity index (χ1n) is 31.6. The van der Waals surface area contributed by atoms with Gasteiger partial charge in [0.1, 0.15) is 22.3 Å². The number of furan rings is 2. The number of rotatable bonds is 8. The van der Waals surface area contributed by atoms with Gasteiger partial charge in [-0.3, -0.25) is 0 Å². The molecule has 444 valence electrons. The van der Waals surface area contributed by atoms with Gasteiger partial charge in [-0.25, -0.2) is 0 Å². The maximum atomic E-state index is 10.2. The molecule has 0 saturated carbocycles. The Bertz CT molecular complexity index is 5760. The highest BCUT2D eigenvalue weighted by atomic mass is 79.9. The molecule has 0 fully saturated rings. The summed E-state index contributed by atoms with van der Waals surface area (Å²) in [5.74, 6) is 0. The molecule has 0 atom stereocenters. The predicted octanol–water partition coefficient (Wildman–Crippen LogP) is 23.6. The first kappa shape index (κ1) is 57.8. The zero-order chi connectivity index (χ0) is 63.1. The molecule has 0 aliphatic heterocycles. The van der Waals surface area contributed by atoms with Crippen LogP contribution in [0.5, 0.6) is 0 Å². The molecule has 0 radical (unpaired) electrons. The lowest BCUT2D eigenvalue weighted by molar-refractivity contribution is 0.426. The summed E-state index contributed by atoms with van der Waals surface area (Å²) in [5.41, 5.74) is 21.0. The lowest BCUT2D eigenvalue weighted by Crippen LogP contribution is -2.31. The van der Waals surface area contributed by atoms with Gasteiger partial charge in [-0.2, -0.15) is 0 Å². The fourth-order valence-corrected chi connectivity index (χ4v) is 14.3. The summed E-state index contributed by atoms with van der Waals surface area (Å²) in [5, 5.41) is 33.7. The van der Waals surface area contributed by atoms with Gasteiger partial charge in [-0.1, -0.05) is 301 Å². The molecular formula is C88H58BBrO4. The van der Waals surface area contributed by atoms with E-state index in [1.807, 2.05) is 97.1 Å². The second kappa shape index (κ2) is 25.0. The van der Waals surface area contributed by atoms with Crippen molar-refractivity contribution < 1.29 is 18.9 Å². The van der Waals surface area contributed by atoms with E-state index in [4.69, 9.17) is 8.83 Å². The van der Waals surface area contributed by atoms with Crippen molar-refractivity contribution in [2.75, 3.05) is 0 Å². The van der Waals surface area contributed by atoms with E-state index in [9.17, 15) is 10.0 Å². The van der Waals surface area contributed by atoms with Gasteiger partial charge < -0.3 is 18.9 Å². The summed E-state index contributed by atoms with van der Waals surface area (Å²) in [4.78, 5) is 0. The van der Waals surface area contributed by atoms with Crippen LogP contribution >= 0.6 is 15.9 Å². The number of benzene rings is 16. The Balaban J connectivity index is 0.000000122. The third-order valence-electron chi connectivity index (χ3n) is 18.1. The molecule has 0 amide bonds. The highest BCUT2D eigenvalue weighted by molar-refractivity contribution is 9.10. The summed E-state index contributed by atoms with van der Waals surface area (Å²) in [7, 11) is -1.54. The van der Waals surface area contributed by atoms with Gasteiger partial charge in [0.25, 0.3) is 0 Å². The van der Waals surface area contributed by atoms with Gasteiger partial charge in [0.15, 0.2) is 0 Å². The highest BCUT2D eigenvalue weighted by Crippen LogP contribution is 2.47. The first-order valence-corrected chi connectivity index (χ1v) is 32.4. The predicted molar refractivity (Wildman–Crippen MR) is 399 cm³/mol. The molecule has 94 heavy (non-hydrogen) atoms. The molecule has 0 aliphatic rings. The van der Waals surface area contributed by atoms with Crippen LogP contribution in [-0.2, 0) is 0 Å². The minimum atomic E-state index is -1.54. The van der Waals surface area contributed by atoms with E-state index < -0.39 is 7.12 Å². The van der Waals surface area contributed by atoms with Crippen LogP contribution in [0, 0.1) is 0 Å². The molecule has 0 bridgehead atoms. The Morgan fingerprint density at radius 3 is 0.957 bits per heavy atom. The molecule has 0 aliphatic carbocycles. The van der Waals surface area contributed by atoms with E-state index in [0.717, 1.165) is 86.8 Å². The van der Waals surface area contributed by atoms with Crippen LogP contribution in [0.15, 0.2) is 353 Å². The Hall–Kier alpha value is -11.4. The molecule has 18 rings (SSSR count). The largest absolute Gasteiger partial charge is 0.489 e. The molecule has 4 nitrogen and oxygen atoms in total. The molecule has 2 heterocycles. The monoisotopic (exact) mass is 1270 g/mol. The standard InChI is InChI=1S/C44H28O.C26H19BO2.C18H11BrO/c1-2-13-29(14-3-1)33-17-4-5-19-35(33)44-38-22-8-6-20-36(38)43(37-21-7-9-23-39(37)44)32-16-12-15-30(27-32)31-25-26-42-40(28-31)34-18-10-11-24-41(34)45-42;28-27(29)26-23-16-8-6-14-21(23)25(22-15-7-9-17-24(22)26)20-13-5-4-12-19(20)18-10-2-1-3-11-18;19-14-5-3-4-12(10-14)13-8-9-18-16(11-13)15-6-1-2-7-17(15)20-18/h1-28H;1-17,28-29H;1-11H. The van der Waals surface area contributed by atoms with Gasteiger partial charge in [0.2, 0.25) is 0 Å². The van der Waals surface area contributed by atoms with Crippen molar-refractivity contribution in [2.45, 2.75) is 0 Å². The van der Waals surface area contributed by atoms with Crippen molar-refractivity contribution in [3.63, 3.8) is 0 Å². The highest BCUT2D eigenvalue weighted by Gasteiger charge is 2.24. The second-order valence-electron chi connectivity index (χ2n) is 23.6. The van der Waals surface area contributed by atoms with Crippen molar-refractivity contribution in [3.8, 4) is 77.9 Å². The van der Waals surface area contributed by atoms with E-state index in [2.05, 4.69) is 259 Å². The van der Waals surface area contributed by atoms with E-state index >= 15 is 0 Å². The summed E-state index contributed by atoms with van der Waals surface area (Å²) >= 11 is 3.52. The second-order valence-corrected chi connectivity index (χ2v) is 24.5. The van der Waals surface area contributed by atoms with Crippen LogP contribution in [-0.4, -0.2) is 17.2 Å². The van der Waals surface area contributed by atoms with Gasteiger partial charge in [0, 0.05) is 26.0 Å². The summed E-state index contributed by atoms with van der Waals surface area (Å²) in [6, 6.07) is 119. The molecule has 16 aromatic carbocycles. The molecular weight excluding hydrogens is 1210 g/mol. The zero-order valence-electron chi connectivity index (χ0n) is 51.0. The van der Waals surface area contributed by atoms with Gasteiger partial charge in [-0.05, 0) is 181 Å². The minimum Gasteiger partial charge on any atom is -0.456 e. The fraction of sp³-hybridized carbons (Fsp3) is 0. The van der Waals surface area contributed by atoms with Gasteiger partial charge >= 0.3 is 7.12 Å². The number of halogens is 1. The van der Waals surface area contributed by atoms with Gasteiger partial charge in [-0.15, -0.1) is 0 Å². The summed E-state index contributed by atoms with van der Waals surface area (Å²) in [6.07, 6.45) is 0. The van der Waals surface area contributed by atoms with Crippen molar-refractivity contribution in [1.29, 1.82) is 0 Å². The van der Waals surface area contributed by atoms with Crippen molar-refractivity contribution in [2.24, 2.45) is 0 Å². The molecule has 0 saturated heterocycles. The summed E-state index contributed by atoms with van der Waals surface area (Å²) < 4.78 is 13.1. The number of hydrogen-bond donors (Lipinski definition) is 2.